The first kappa shape index (κ1) is 18.3. The number of hydrogen-bond donors (Lipinski definition) is 0. The highest BCUT2D eigenvalue weighted by molar-refractivity contribution is 7.14. The molecule has 1 spiro atoms. The van der Waals surface area contributed by atoms with Crippen molar-refractivity contribution in [3.05, 3.63) is 39.3 Å². The molecular formula is C21H28N4O2S. The standard InChI is InChI=1S/C21H28N4O2S/c1-23-14-16(13-22-23)15-24-9-5-21(6-10-24)17-12-19(28-18(17)4-11-27-21)20(26)25-7-2-3-8-25/h12-14H,2-11,15H2,1H3. The van der Waals surface area contributed by atoms with Crippen LogP contribution in [0.3, 0.4) is 0 Å². The fraction of sp³-hybridized carbons (Fsp3) is 0.619. The number of likely N-dealkylation sites (tertiary alicyclic amines) is 2. The summed E-state index contributed by atoms with van der Waals surface area (Å²) in [5.41, 5.74) is 2.36. The zero-order valence-corrected chi connectivity index (χ0v) is 17.3. The Morgan fingerprint density at radius 2 is 2.04 bits per heavy atom. The minimum atomic E-state index is -0.195. The van der Waals surface area contributed by atoms with Crippen molar-refractivity contribution in [3.63, 3.8) is 0 Å². The highest BCUT2D eigenvalue weighted by atomic mass is 32.1. The maximum absolute atomic E-state index is 12.9. The molecule has 0 aromatic carbocycles. The zero-order valence-electron chi connectivity index (χ0n) is 16.5. The van der Waals surface area contributed by atoms with Gasteiger partial charge in [-0.25, -0.2) is 0 Å². The van der Waals surface area contributed by atoms with Crippen molar-refractivity contribution in [2.75, 3.05) is 32.8 Å². The number of thiophene rings is 1. The van der Waals surface area contributed by atoms with Gasteiger partial charge in [0.2, 0.25) is 0 Å². The monoisotopic (exact) mass is 400 g/mol. The quantitative estimate of drug-likeness (QED) is 0.795. The van der Waals surface area contributed by atoms with Gasteiger partial charge in [-0.15, -0.1) is 11.3 Å². The second-order valence-corrected chi connectivity index (χ2v) is 9.47. The molecule has 2 fully saturated rings. The van der Waals surface area contributed by atoms with Gasteiger partial charge in [0.15, 0.2) is 0 Å². The molecule has 28 heavy (non-hydrogen) atoms. The van der Waals surface area contributed by atoms with E-state index in [1.807, 2.05) is 22.8 Å². The summed E-state index contributed by atoms with van der Waals surface area (Å²) in [6, 6.07) is 2.16. The number of rotatable bonds is 3. The third-order valence-corrected chi connectivity index (χ3v) is 7.62. The van der Waals surface area contributed by atoms with Crippen LogP contribution >= 0.6 is 11.3 Å². The molecule has 0 unspecified atom stereocenters. The maximum atomic E-state index is 12.9. The number of fused-ring (bicyclic) bond motifs is 2. The van der Waals surface area contributed by atoms with Gasteiger partial charge < -0.3 is 9.64 Å². The fourth-order valence-corrected chi connectivity index (χ4v) is 6.10. The number of aromatic nitrogens is 2. The number of hydrogen-bond acceptors (Lipinski definition) is 5. The molecule has 2 saturated heterocycles. The number of piperidine rings is 1. The Bertz CT molecular complexity index is 860. The Hall–Kier alpha value is -1.70. The number of aryl methyl sites for hydroxylation is 1. The van der Waals surface area contributed by atoms with Crippen LogP contribution in [0.5, 0.6) is 0 Å². The predicted molar refractivity (Wildman–Crippen MR) is 109 cm³/mol. The topological polar surface area (TPSA) is 50.6 Å². The molecule has 0 radical (unpaired) electrons. The average Bonchev–Trinajstić information content (AvgIpc) is 3.44. The van der Waals surface area contributed by atoms with E-state index >= 15 is 0 Å². The van der Waals surface area contributed by atoms with Crippen molar-refractivity contribution >= 4 is 17.2 Å². The number of amides is 1. The summed E-state index contributed by atoms with van der Waals surface area (Å²) in [4.78, 5) is 19.7. The van der Waals surface area contributed by atoms with Crippen molar-refractivity contribution in [2.45, 2.75) is 44.2 Å². The normalized spacial score (nSPS) is 22.0. The first-order valence-electron chi connectivity index (χ1n) is 10.4. The maximum Gasteiger partial charge on any atom is 0.263 e. The molecule has 150 valence electrons. The predicted octanol–water partition coefficient (Wildman–Crippen LogP) is 2.78. The fourth-order valence-electron chi connectivity index (χ4n) is 4.90. The Morgan fingerprint density at radius 1 is 1.25 bits per heavy atom. The van der Waals surface area contributed by atoms with Crippen LogP contribution in [0.15, 0.2) is 18.5 Å². The Balaban J connectivity index is 1.31. The lowest BCUT2D eigenvalue weighted by Crippen LogP contribution is -2.45. The summed E-state index contributed by atoms with van der Waals surface area (Å²) in [6.45, 7) is 5.56. The molecule has 2 aromatic heterocycles. The Kier molecular flexibility index (Phi) is 4.77. The van der Waals surface area contributed by atoms with E-state index < -0.39 is 0 Å². The number of ether oxygens (including phenoxy) is 1. The SMILES string of the molecule is Cn1cc(CN2CCC3(CC2)OCCc2sc(C(=O)N4CCCC4)cc23)cn1. The van der Waals surface area contributed by atoms with Crippen LogP contribution in [0.2, 0.25) is 0 Å². The van der Waals surface area contributed by atoms with Crippen molar-refractivity contribution in [2.24, 2.45) is 7.05 Å². The van der Waals surface area contributed by atoms with E-state index in [9.17, 15) is 4.79 Å². The molecule has 0 N–H and O–H groups in total. The van der Waals surface area contributed by atoms with Crippen LogP contribution in [0, 0.1) is 0 Å². The van der Waals surface area contributed by atoms with Crippen molar-refractivity contribution < 1.29 is 9.53 Å². The van der Waals surface area contributed by atoms with E-state index in [-0.39, 0.29) is 11.5 Å². The number of nitrogens with zero attached hydrogens (tertiary/aromatic N) is 4. The number of carbonyl (C=O) groups is 1. The smallest absolute Gasteiger partial charge is 0.263 e. The lowest BCUT2D eigenvalue weighted by Gasteiger charge is -2.44. The first-order chi connectivity index (χ1) is 13.6. The van der Waals surface area contributed by atoms with Crippen LogP contribution in [0.4, 0.5) is 0 Å². The molecule has 0 aliphatic carbocycles. The van der Waals surface area contributed by atoms with Gasteiger partial charge in [0, 0.05) is 62.8 Å². The molecule has 2 aromatic rings. The van der Waals surface area contributed by atoms with Crippen molar-refractivity contribution in [1.82, 2.24) is 19.6 Å². The molecule has 5 heterocycles. The van der Waals surface area contributed by atoms with Crippen LogP contribution < -0.4 is 0 Å². The van der Waals surface area contributed by atoms with Crippen LogP contribution in [0.25, 0.3) is 0 Å². The highest BCUT2D eigenvalue weighted by Gasteiger charge is 2.42. The number of carbonyl (C=O) groups excluding carboxylic acids is 1. The molecule has 0 saturated carbocycles. The van der Waals surface area contributed by atoms with E-state index in [1.165, 1.54) is 16.0 Å². The molecule has 0 atom stereocenters. The summed E-state index contributed by atoms with van der Waals surface area (Å²) in [5, 5.41) is 4.28. The average molecular weight is 401 g/mol. The summed E-state index contributed by atoms with van der Waals surface area (Å²) in [6.07, 6.45) is 9.24. The van der Waals surface area contributed by atoms with Gasteiger partial charge in [0.05, 0.1) is 23.3 Å². The van der Waals surface area contributed by atoms with Gasteiger partial charge >= 0.3 is 0 Å². The third-order valence-electron chi connectivity index (χ3n) is 6.44. The van der Waals surface area contributed by atoms with E-state index in [4.69, 9.17) is 4.74 Å². The largest absolute Gasteiger partial charge is 0.370 e. The molecule has 3 aliphatic heterocycles. The lowest BCUT2D eigenvalue weighted by molar-refractivity contribution is -0.0980. The summed E-state index contributed by atoms with van der Waals surface area (Å²) >= 11 is 1.71. The molecular weight excluding hydrogens is 372 g/mol. The molecule has 6 nitrogen and oxygen atoms in total. The van der Waals surface area contributed by atoms with Gasteiger partial charge in [-0.1, -0.05) is 0 Å². The van der Waals surface area contributed by atoms with Gasteiger partial charge in [0.1, 0.15) is 0 Å². The third kappa shape index (κ3) is 3.29. The minimum Gasteiger partial charge on any atom is -0.370 e. The Labute approximate surface area is 170 Å². The van der Waals surface area contributed by atoms with Gasteiger partial charge in [-0.05, 0) is 37.3 Å². The minimum absolute atomic E-state index is 0.195. The zero-order chi connectivity index (χ0) is 19.1. The molecule has 1 amide bonds. The van der Waals surface area contributed by atoms with E-state index in [0.29, 0.717) is 0 Å². The summed E-state index contributed by atoms with van der Waals surface area (Å²) in [5.74, 6) is 0.223. The van der Waals surface area contributed by atoms with E-state index in [2.05, 4.69) is 22.3 Å². The van der Waals surface area contributed by atoms with Crippen LogP contribution in [-0.2, 0) is 30.4 Å². The van der Waals surface area contributed by atoms with Gasteiger partial charge in [-0.3, -0.25) is 14.4 Å². The van der Waals surface area contributed by atoms with Gasteiger partial charge in [-0.2, -0.15) is 5.10 Å². The molecule has 7 heteroatoms. The lowest BCUT2D eigenvalue weighted by atomic mass is 9.82. The highest BCUT2D eigenvalue weighted by Crippen LogP contribution is 2.45. The van der Waals surface area contributed by atoms with E-state index in [1.54, 1.807) is 11.3 Å². The molecule has 5 rings (SSSR count). The summed E-state index contributed by atoms with van der Waals surface area (Å²) < 4.78 is 8.26. The Morgan fingerprint density at radius 3 is 2.75 bits per heavy atom. The van der Waals surface area contributed by atoms with Crippen LogP contribution in [0.1, 0.15) is 51.4 Å². The van der Waals surface area contributed by atoms with Crippen LogP contribution in [-0.4, -0.2) is 58.3 Å². The van der Waals surface area contributed by atoms with Crippen molar-refractivity contribution in [1.29, 1.82) is 0 Å². The van der Waals surface area contributed by atoms with Gasteiger partial charge in [0.25, 0.3) is 5.91 Å². The first-order valence-corrected chi connectivity index (χ1v) is 11.2. The second kappa shape index (κ2) is 7.28. The second-order valence-electron chi connectivity index (χ2n) is 8.34. The van der Waals surface area contributed by atoms with E-state index in [0.717, 1.165) is 76.3 Å². The summed E-state index contributed by atoms with van der Waals surface area (Å²) in [7, 11) is 1.96. The molecule has 3 aliphatic rings. The molecule has 0 bridgehead atoms. The van der Waals surface area contributed by atoms with Crippen molar-refractivity contribution in [3.8, 4) is 0 Å².